The van der Waals surface area contributed by atoms with Crippen LogP contribution >= 0.6 is 11.6 Å². The number of nitrogens with two attached hydrogens (primary N) is 1. The van der Waals surface area contributed by atoms with Gasteiger partial charge in [0, 0.05) is 6.07 Å². The number of hydrogen-bond donors (Lipinski definition) is 1. The van der Waals surface area contributed by atoms with Gasteiger partial charge < -0.3 is 10.5 Å². The second kappa shape index (κ2) is 4.59. The maximum Gasteiger partial charge on any atom is 0.225 e. The van der Waals surface area contributed by atoms with E-state index in [0.717, 1.165) is 11.3 Å². The van der Waals surface area contributed by atoms with Crippen LogP contribution in [0, 0.1) is 13.8 Å². The summed E-state index contributed by atoms with van der Waals surface area (Å²) in [5, 5.41) is 0.261. The van der Waals surface area contributed by atoms with Crippen LogP contribution < -0.4 is 10.5 Å². The first-order chi connectivity index (χ1) is 8.04. The molecule has 0 saturated carbocycles. The van der Waals surface area contributed by atoms with Gasteiger partial charge in [0.2, 0.25) is 11.8 Å². The Hall–Kier alpha value is -1.81. The molecule has 88 valence electrons. The van der Waals surface area contributed by atoms with Crippen molar-refractivity contribution in [3.05, 3.63) is 40.5 Å². The quantitative estimate of drug-likeness (QED) is 0.831. The van der Waals surface area contributed by atoms with Crippen LogP contribution in [0.15, 0.2) is 24.3 Å². The third-order valence-electron chi connectivity index (χ3n) is 2.23. The number of aromatic nitrogens is 2. The number of aryl methyl sites for hydroxylation is 2. The highest BCUT2D eigenvalue weighted by molar-refractivity contribution is 6.29. The molecule has 0 aliphatic rings. The molecule has 0 radical (unpaired) electrons. The first kappa shape index (κ1) is 11.7. The number of hydrogen-bond acceptors (Lipinski definition) is 4. The average Bonchev–Trinajstić information content (AvgIpc) is 2.21. The lowest BCUT2D eigenvalue weighted by atomic mass is 10.1. The summed E-state index contributed by atoms with van der Waals surface area (Å²) in [7, 11) is 0. The molecule has 0 amide bonds. The summed E-state index contributed by atoms with van der Waals surface area (Å²) in [5.41, 5.74) is 7.69. The van der Waals surface area contributed by atoms with Gasteiger partial charge in [-0.3, -0.25) is 0 Å². The topological polar surface area (TPSA) is 61.0 Å². The van der Waals surface area contributed by atoms with Crippen molar-refractivity contribution in [3.8, 4) is 11.6 Å². The van der Waals surface area contributed by atoms with E-state index in [1.165, 1.54) is 11.6 Å². The first-order valence-electron chi connectivity index (χ1n) is 5.10. The highest BCUT2D eigenvalue weighted by Crippen LogP contribution is 2.25. The number of benzene rings is 1. The van der Waals surface area contributed by atoms with E-state index in [1.807, 2.05) is 32.0 Å². The molecule has 0 saturated heterocycles. The van der Waals surface area contributed by atoms with Gasteiger partial charge in [0.05, 0.1) is 0 Å². The maximum atomic E-state index is 5.77. The predicted molar refractivity (Wildman–Crippen MR) is 67.4 cm³/mol. The monoisotopic (exact) mass is 249 g/mol. The van der Waals surface area contributed by atoms with Crippen LogP contribution in [0.2, 0.25) is 5.15 Å². The Morgan fingerprint density at radius 3 is 2.59 bits per heavy atom. The standard InChI is InChI=1S/C12H12ClN3O/c1-7-3-4-9(8(2)5-7)17-11-6-10(13)15-12(14)16-11/h3-6H,1-2H3,(H2,14,15,16). The summed E-state index contributed by atoms with van der Waals surface area (Å²) in [6, 6.07) is 7.41. The fourth-order valence-electron chi connectivity index (χ4n) is 1.49. The smallest absolute Gasteiger partial charge is 0.225 e. The number of ether oxygens (including phenoxy) is 1. The molecule has 0 spiro atoms. The largest absolute Gasteiger partial charge is 0.439 e. The Morgan fingerprint density at radius 2 is 1.94 bits per heavy atom. The normalized spacial score (nSPS) is 10.3. The van der Waals surface area contributed by atoms with E-state index < -0.39 is 0 Å². The molecular formula is C12H12ClN3O. The van der Waals surface area contributed by atoms with Gasteiger partial charge in [-0.2, -0.15) is 4.98 Å². The van der Waals surface area contributed by atoms with E-state index in [0.29, 0.717) is 5.88 Å². The summed E-state index contributed by atoms with van der Waals surface area (Å²) in [6.45, 7) is 3.99. The second-order valence-corrected chi connectivity index (χ2v) is 4.15. The molecule has 2 aromatic rings. The summed E-state index contributed by atoms with van der Waals surface area (Å²) < 4.78 is 5.61. The van der Waals surface area contributed by atoms with Crippen LogP contribution in [-0.2, 0) is 0 Å². The lowest BCUT2D eigenvalue weighted by Gasteiger charge is -2.08. The van der Waals surface area contributed by atoms with E-state index in [1.54, 1.807) is 0 Å². The Balaban J connectivity index is 2.31. The summed E-state index contributed by atoms with van der Waals surface area (Å²) in [6.07, 6.45) is 0. The molecule has 0 fully saturated rings. The molecule has 1 heterocycles. The molecule has 4 nitrogen and oxygen atoms in total. The fraction of sp³-hybridized carbons (Fsp3) is 0.167. The zero-order valence-corrected chi connectivity index (χ0v) is 10.3. The predicted octanol–water partition coefficient (Wildman–Crippen LogP) is 3.12. The van der Waals surface area contributed by atoms with Gasteiger partial charge in [-0.15, -0.1) is 0 Å². The highest BCUT2D eigenvalue weighted by atomic mass is 35.5. The second-order valence-electron chi connectivity index (χ2n) is 3.76. The van der Waals surface area contributed by atoms with Gasteiger partial charge in [0.15, 0.2) is 0 Å². The molecule has 2 rings (SSSR count). The van der Waals surface area contributed by atoms with Gasteiger partial charge in [-0.25, -0.2) is 4.98 Å². The van der Waals surface area contributed by atoms with Crippen molar-refractivity contribution >= 4 is 17.5 Å². The third kappa shape index (κ3) is 2.85. The first-order valence-corrected chi connectivity index (χ1v) is 5.47. The molecule has 5 heteroatoms. The van der Waals surface area contributed by atoms with Crippen molar-refractivity contribution in [2.45, 2.75) is 13.8 Å². The van der Waals surface area contributed by atoms with Crippen LogP contribution in [0.1, 0.15) is 11.1 Å². The number of anilines is 1. The van der Waals surface area contributed by atoms with E-state index >= 15 is 0 Å². The Morgan fingerprint density at radius 1 is 1.18 bits per heavy atom. The Bertz CT molecular complexity index is 537. The lowest BCUT2D eigenvalue weighted by molar-refractivity contribution is 0.459. The number of rotatable bonds is 2. The molecule has 0 aliphatic carbocycles. The molecule has 2 N–H and O–H groups in total. The minimum atomic E-state index is 0.0947. The maximum absolute atomic E-state index is 5.77. The van der Waals surface area contributed by atoms with Crippen LogP contribution in [-0.4, -0.2) is 9.97 Å². The summed E-state index contributed by atoms with van der Waals surface area (Å²) >= 11 is 5.77. The molecule has 1 aromatic carbocycles. The summed E-state index contributed by atoms with van der Waals surface area (Å²) in [5.74, 6) is 1.16. The van der Waals surface area contributed by atoms with Gasteiger partial charge in [0.25, 0.3) is 0 Å². The zero-order valence-electron chi connectivity index (χ0n) is 9.57. The zero-order chi connectivity index (χ0) is 12.4. The molecule has 1 aromatic heterocycles. The average molecular weight is 250 g/mol. The highest BCUT2D eigenvalue weighted by Gasteiger charge is 2.05. The van der Waals surface area contributed by atoms with E-state index in [2.05, 4.69) is 9.97 Å². The molecule has 0 bridgehead atoms. The van der Waals surface area contributed by atoms with Crippen molar-refractivity contribution in [1.29, 1.82) is 0 Å². The molecule has 0 unspecified atom stereocenters. The number of nitrogen functional groups attached to an aromatic ring is 1. The minimum absolute atomic E-state index is 0.0947. The Labute approximate surface area is 104 Å². The number of nitrogens with zero attached hydrogens (tertiary/aromatic N) is 2. The van der Waals surface area contributed by atoms with E-state index in [-0.39, 0.29) is 11.1 Å². The number of halogens is 1. The summed E-state index contributed by atoms with van der Waals surface area (Å²) in [4.78, 5) is 7.72. The van der Waals surface area contributed by atoms with Gasteiger partial charge in [0.1, 0.15) is 10.9 Å². The molecule has 0 aliphatic heterocycles. The van der Waals surface area contributed by atoms with Crippen molar-refractivity contribution in [2.24, 2.45) is 0 Å². The Kier molecular flexibility index (Phi) is 3.15. The molecule has 0 atom stereocenters. The van der Waals surface area contributed by atoms with Crippen molar-refractivity contribution in [2.75, 3.05) is 5.73 Å². The van der Waals surface area contributed by atoms with Crippen LogP contribution in [0.25, 0.3) is 0 Å². The van der Waals surface area contributed by atoms with Crippen molar-refractivity contribution in [1.82, 2.24) is 9.97 Å². The SMILES string of the molecule is Cc1ccc(Oc2cc(Cl)nc(N)n2)c(C)c1. The van der Waals surface area contributed by atoms with Crippen LogP contribution in [0.4, 0.5) is 5.95 Å². The van der Waals surface area contributed by atoms with Gasteiger partial charge >= 0.3 is 0 Å². The lowest BCUT2D eigenvalue weighted by Crippen LogP contribution is -1.98. The molecular weight excluding hydrogens is 238 g/mol. The third-order valence-corrected chi connectivity index (χ3v) is 2.43. The fourth-order valence-corrected chi connectivity index (χ4v) is 1.67. The van der Waals surface area contributed by atoms with Gasteiger partial charge in [-0.1, -0.05) is 29.3 Å². The van der Waals surface area contributed by atoms with Gasteiger partial charge in [-0.05, 0) is 25.5 Å². The van der Waals surface area contributed by atoms with Crippen LogP contribution in [0.5, 0.6) is 11.6 Å². The van der Waals surface area contributed by atoms with Crippen molar-refractivity contribution < 1.29 is 4.74 Å². The van der Waals surface area contributed by atoms with Crippen LogP contribution in [0.3, 0.4) is 0 Å². The van der Waals surface area contributed by atoms with E-state index in [9.17, 15) is 0 Å². The minimum Gasteiger partial charge on any atom is -0.439 e. The molecule has 17 heavy (non-hydrogen) atoms. The van der Waals surface area contributed by atoms with Crippen molar-refractivity contribution in [3.63, 3.8) is 0 Å². The van der Waals surface area contributed by atoms with E-state index in [4.69, 9.17) is 22.1 Å².